The number of aryl methyl sites for hydroxylation is 2. The molecule has 1 aromatic heterocycles. The van der Waals surface area contributed by atoms with Crippen LogP contribution in [0.3, 0.4) is 0 Å². The van der Waals surface area contributed by atoms with E-state index in [1.54, 1.807) is 23.5 Å². The van der Waals surface area contributed by atoms with E-state index in [1.807, 2.05) is 55.6 Å². The first kappa shape index (κ1) is 20.8. The van der Waals surface area contributed by atoms with Crippen LogP contribution in [0.5, 0.6) is 5.75 Å². The quantitative estimate of drug-likeness (QED) is 0.481. The summed E-state index contributed by atoms with van der Waals surface area (Å²) in [4.78, 5) is 16.8. The standard InChI is InChI=1S/C24H26N2O2S/c1-16(2)22-7-5-6-17(3)24(22)26-23(27)13-10-19-8-11-21(12-9-19)28-14-20-15-29-18(4)25-20/h5-13,15-16H,14H2,1-4H3,(H,26,27)/b13-10+. The normalized spacial score (nSPS) is 11.2. The number of carbonyl (C=O) groups is 1. The van der Waals surface area contributed by atoms with Gasteiger partial charge in [0.15, 0.2) is 0 Å². The van der Waals surface area contributed by atoms with E-state index in [1.165, 1.54) is 0 Å². The van der Waals surface area contributed by atoms with Crippen molar-refractivity contribution in [3.8, 4) is 5.75 Å². The van der Waals surface area contributed by atoms with Crippen molar-refractivity contribution in [1.29, 1.82) is 0 Å². The number of hydrogen-bond donors (Lipinski definition) is 1. The Kier molecular flexibility index (Phi) is 6.83. The molecule has 0 spiro atoms. The molecule has 0 aliphatic rings. The van der Waals surface area contributed by atoms with Gasteiger partial charge >= 0.3 is 0 Å². The Bertz CT molecular complexity index is 1000. The van der Waals surface area contributed by atoms with Crippen molar-refractivity contribution in [2.45, 2.75) is 40.2 Å². The molecule has 0 atom stereocenters. The first-order valence-corrected chi connectivity index (χ1v) is 10.5. The van der Waals surface area contributed by atoms with Crippen LogP contribution in [0.4, 0.5) is 5.69 Å². The second kappa shape index (κ2) is 9.52. The highest BCUT2D eigenvalue weighted by molar-refractivity contribution is 7.09. The number of nitrogens with one attached hydrogen (secondary N) is 1. The maximum Gasteiger partial charge on any atom is 0.248 e. The fraction of sp³-hybridized carbons (Fsp3) is 0.250. The van der Waals surface area contributed by atoms with E-state index < -0.39 is 0 Å². The zero-order valence-electron chi connectivity index (χ0n) is 17.2. The lowest BCUT2D eigenvalue weighted by Crippen LogP contribution is -2.11. The van der Waals surface area contributed by atoms with E-state index in [9.17, 15) is 4.79 Å². The average molecular weight is 407 g/mol. The van der Waals surface area contributed by atoms with E-state index >= 15 is 0 Å². The van der Waals surface area contributed by atoms with Gasteiger partial charge in [-0.1, -0.05) is 44.2 Å². The highest BCUT2D eigenvalue weighted by atomic mass is 32.1. The molecule has 4 nitrogen and oxygen atoms in total. The van der Waals surface area contributed by atoms with Crippen LogP contribution in [0, 0.1) is 13.8 Å². The Hall–Kier alpha value is -2.92. The third kappa shape index (κ3) is 5.78. The first-order chi connectivity index (χ1) is 13.9. The Morgan fingerprint density at radius 1 is 1.17 bits per heavy atom. The highest BCUT2D eigenvalue weighted by Gasteiger charge is 2.10. The van der Waals surface area contributed by atoms with Crippen molar-refractivity contribution >= 4 is 29.0 Å². The second-order valence-electron chi connectivity index (χ2n) is 7.23. The molecule has 0 radical (unpaired) electrons. The summed E-state index contributed by atoms with van der Waals surface area (Å²) in [5.74, 6) is 0.981. The molecule has 3 rings (SSSR count). The molecule has 0 fully saturated rings. The van der Waals surface area contributed by atoms with Gasteiger partial charge in [-0.25, -0.2) is 4.98 Å². The van der Waals surface area contributed by atoms with Crippen molar-refractivity contribution in [3.05, 3.63) is 81.3 Å². The number of thiazole rings is 1. The van der Waals surface area contributed by atoms with Crippen LogP contribution in [0.2, 0.25) is 0 Å². The number of anilines is 1. The number of nitrogens with zero attached hydrogens (tertiary/aromatic N) is 1. The molecule has 0 saturated carbocycles. The van der Waals surface area contributed by atoms with Crippen LogP contribution in [0.1, 0.15) is 47.2 Å². The lowest BCUT2D eigenvalue weighted by Gasteiger charge is -2.15. The van der Waals surface area contributed by atoms with Crippen molar-refractivity contribution in [1.82, 2.24) is 4.98 Å². The number of rotatable bonds is 7. The first-order valence-electron chi connectivity index (χ1n) is 9.65. The fourth-order valence-corrected chi connectivity index (χ4v) is 3.58. The molecular weight excluding hydrogens is 380 g/mol. The molecule has 2 aromatic carbocycles. The summed E-state index contributed by atoms with van der Waals surface area (Å²) in [7, 11) is 0. The largest absolute Gasteiger partial charge is 0.487 e. The van der Waals surface area contributed by atoms with E-state index in [2.05, 4.69) is 30.2 Å². The Labute approximate surface area is 176 Å². The number of para-hydroxylation sites is 1. The summed E-state index contributed by atoms with van der Waals surface area (Å²) in [6.45, 7) is 8.70. The fourth-order valence-electron chi connectivity index (χ4n) is 2.99. The number of amides is 1. The van der Waals surface area contributed by atoms with Gasteiger partial charge in [-0.2, -0.15) is 0 Å². The summed E-state index contributed by atoms with van der Waals surface area (Å²) in [6, 6.07) is 13.7. The zero-order chi connectivity index (χ0) is 20.8. The van der Waals surface area contributed by atoms with Gasteiger partial charge in [0, 0.05) is 17.1 Å². The molecule has 1 N–H and O–H groups in total. The molecule has 0 unspecified atom stereocenters. The minimum Gasteiger partial charge on any atom is -0.487 e. The maximum atomic E-state index is 12.4. The molecule has 150 valence electrons. The number of hydrogen-bond acceptors (Lipinski definition) is 4. The predicted molar refractivity (Wildman–Crippen MR) is 121 cm³/mol. The molecule has 1 heterocycles. The summed E-state index contributed by atoms with van der Waals surface area (Å²) < 4.78 is 5.75. The third-order valence-corrected chi connectivity index (χ3v) is 5.36. The zero-order valence-corrected chi connectivity index (χ0v) is 18.0. The van der Waals surface area contributed by atoms with Crippen molar-refractivity contribution in [2.24, 2.45) is 0 Å². The van der Waals surface area contributed by atoms with Crippen molar-refractivity contribution < 1.29 is 9.53 Å². The summed E-state index contributed by atoms with van der Waals surface area (Å²) in [5, 5.41) is 6.07. The van der Waals surface area contributed by atoms with Gasteiger partial charge in [0.25, 0.3) is 0 Å². The van der Waals surface area contributed by atoms with Gasteiger partial charge in [-0.05, 0) is 54.7 Å². The molecule has 0 aliphatic carbocycles. The average Bonchev–Trinajstić information content (AvgIpc) is 3.12. The topological polar surface area (TPSA) is 51.2 Å². The molecule has 29 heavy (non-hydrogen) atoms. The van der Waals surface area contributed by atoms with Crippen molar-refractivity contribution in [3.63, 3.8) is 0 Å². The Balaban J connectivity index is 1.59. The highest BCUT2D eigenvalue weighted by Crippen LogP contribution is 2.27. The SMILES string of the molecule is Cc1nc(COc2ccc(/C=C/C(=O)Nc3c(C)cccc3C(C)C)cc2)cs1. The van der Waals surface area contributed by atoms with Gasteiger partial charge in [0.2, 0.25) is 5.91 Å². The molecule has 5 heteroatoms. The smallest absolute Gasteiger partial charge is 0.248 e. The molecular formula is C24H26N2O2S. The minimum atomic E-state index is -0.138. The van der Waals surface area contributed by atoms with Gasteiger partial charge < -0.3 is 10.1 Å². The van der Waals surface area contributed by atoms with Crippen LogP contribution in [0.15, 0.2) is 53.9 Å². The van der Waals surface area contributed by atoms with Gasteiger partial charge in [0.05, 0.1) is 10.7 Å². The molecule has 0 saturated heterocycles. The molecule has 0 bridgehead atoms. The Morgan fingerprint density at radius 2 is 1.93 bits per heavy atom. The lowest BCUT2D eigenvalue weighted by molar-refractivity contribution is -0.111. The lowest BCUT2D eigenvalue weighted by atomic mass is 9.98. The molecule has 0 aliphatic heterocycles. The van der Waals surface area contributed by atoms with Crippen LogP contribution in [0.25, 0.3) is 6.08 Å². The Morgan fingerprint density at radius 3 is 2.59 bits per heavy atom. The summed E-state index contributed by atoms with van der Waals surface area (Å²) >= 11 is 1.62. The number of benzene rings is 2. The van der Waals surface area contributed by atoms with E-state index in [0.29, 0.717) is 12.5 Å². The molecule has 1 amide bonds. The predicted octanol–water partition coefficient (Wildman–Crippen LogP) is 6.11. The monoisotopic (exact) mass is 406 g/mol. The van der Waals surface area contributed by atoms with Crippen LogP contribution < -0.4 is 10.1 Å². The van der Waals surface area contributed by atoms with E-state index in [4.69, 9.17) is 4.74 Å². The van der Waals surface area contributed by atoms with Crippen LogP contribution in [-0.2, 0) is 11.4 Å². The summed E-state index contributed by atoms with van der Waals surface area (Å²) in [5.41, 5.74) is 4.98. The van der Waals surface area contributed by atoms with Crippen LogP contribution in [-0.4, -0.2) is 10.9 Å². The van der Waals surface area contributed by atoms with E-state index in [-0.39, 0.29) is 5.91 Å². The van der Waals surface area contributed by atoms with Crippen LogP contribution >= 0.6 is 11.3 Å². The van der Waals surface area contributed by atoms with Gasteiger partial charge in [-0.3, -0.25) is 4.79 Å². The van der Waals surface area contributed by atoms with Crippen molar-refractivity contribution in [2.75, 3.05) is 5.32 Å². The van der Waals surface area contributed by atoms with Gasteiger partial charge in [-0.15, -0.1) is 11.3 Å². The maximum absolute atomic E-state index is 12.4. The minimum absolute atomic E-state index is 0.138. The molecule has 3 aromatic rings. The third-order valence-electron chi connectivity index (χ3n) is 4.54. The number of aromatic nitrogens is 1. The number of carbonyl (C=O) groups excluding carboxylic acids is 1. The number of ether oxygens (including phenoxy) is 1. The second-order valence-corrected chi connectivity index (χ2v) is 8.29. The van der Waals surface area contributed by atoms with E-state index in [0.717, 1.165) is 38.8 Å². The summed E-state index contributed by atoms with van der Waals surface area (Å²) in [6.07, 6.45) is 3.36. The van der Waals surface area contributed by atoms with Gasteiger partial charge in [0.1, 0.15) is 12.4 Å².